The van der Waals surface area contributed by atoms with Crippen molar-refractivity contribution in [3.63, 3.8) is 0 Å². The maximum Gasteiger partial charge on any atom is 0.332 e. The van der Waals surface area contributed by atoms with Gasteiger partial charge in [-0.3, -0.25) is 4.90 Å². The van der Waals surface area contributed by atoms with Gasteiger partial charge < -0.3 is 5.32 Å². The van der Waals surface area contributed by atoms with E-state index in [9.17, 15) is 13.2 Å². The van der Waals surface area contributed by atoms with Gasteiger partial charge in [-0.2, -0.15) is 0 Å². The molecule has 0 spiro atoms. The number of fused-ring (bicyclic) bond motifs is 2. The Morgan fingerprint density at radius 3 is 2.28 bits per heavy atom. The number of rotatable bonds is 6. The molecule has 2 N–H and O–H groups in total. The molecule has 1 heterocycles. The van der Waals surface area contributed by atoms with Gasteiger partial charge in [-0.25, -0.2) is 17.9 Å². The van der Waals surface area contributed by atoms with Gasteiger partial charge in [0.15, 0.2) is 0 Å². The molecular formula is C21H31KN3O3S. The first-order chi connectivity index (χ1) is 13.3. The van der Waals surface area contributed by atoms with E-state index in [0.717, 1.165) is 57.2 Å². The van der Waals surface area contributed by atoms with Gasteiger partial charge in [-0.05, 0) is 79.7 Å². The SMILES string of the molecule is CC(C)C1CCN1CCS(=O)(=O)NC(=O)Nc1c2c(cc3c1CCC3)CCC2.[K]. The number of amides is 2. The number of hydrogen-bond acceptors (Lipinski definition) is 4. The Labute approximate surface area is 217 Å². The van der Waals surface area contributed by atoms with Gasteiger partial charge in [0.25, 0.3) is 0 Å². The molecule has 1 fully saturated rings. The zero-order chi connectivity index (χ0) is 19.9. The van der Waals surface area contributed by atoms with Crippen molar-refractivity contribution in [1.29, 1.82) is 0 Å². The standard InChI is InChI=1S/C21H31N3O3S.K/c1-14(2)19-9-10-24(19)11-12-28(26,27)23-21(25)22-20-17-7-3-5-15(17)13-16-6-4-8-18(16)20;/h13-14,19H,3-12H2,1-2H3,(H2,22,23,25);. The molecule has 3 aliphatic rings. The van der Waals surface area contributed by atoms with E-state index in [1.807, 2.05) is 0 Å². The number of aryl methyl sites for hydroxylation is 2. The Morgan fingerprint density at radius 2 is 1.76 bits per heavy atom. The minimum Gasteiger partial charge on any atom is -0.307 e. The van der Waals surface area contributed by atoms with Gasteiger partial charge in [-0.15, -0.1) is 0 Å². The first kappa shape index (κ1) is 23.7. The van der Waals surface area contributed by atoms with Crippen LogP contribution in [-0.2, 0) is 35.7 Å². The fourth-order valence-corrected chi connectivity index (χ4v) is 5.94. The third-order valence-corrected chi connectivity index (χ3v) is 7.77. The van der Waals surface area contributed by atoms with Crippen LogP contribution in [0.3, 0.4) is 0 Å². The Kier molecular flexibility index (Phi) is 7.90. The molecule has 1 aromatic carbocycles. The van der Waals surface area contributed by atoms with Crippen LogP contribution >= 0.6 is 0 Å². The largest absolute Gasteiger partial charge is 0.332 e. The molecule has 1 saturated heterocycles. The maximum absolute atomic E-state index is 12.5. The number of nitrogens with one attached hydrogen (secondary N) is 2. The molecule has 29 heavy (non-hydrogen) atoms. The van der Waals surface area contributed by atoms with Crippen molar-refractivity contribution in [2.45, 2.75) is 64.8 Å². The van der Waals surface area contributed by atoms with Crippen LogP contribution in [0.2, 0.25) is 0 Å². The number of sulfonamides is 1. The van der Waals surface area contributed by atoms with E-state index in [1.54, 1.807) is 0 Å². The fourth-order valence-electron chi connectivity index (χ4n) is 5.03. The van der Waals surface area contributed by atoms with Gasteiger partial charge in [0.2, 0.25) is 10.0 Å². The van der Waals surface area contributed by atoms with Crippen LogP contribution in [0.1, 0.15) is 55.4 Å². The molecule has 2 amide bonds. The van der Waals surface area contributed by atoms with Crippen LogP contribution in [-0.4, -0.2) is 95.6 Å². The van der Waals surface area contributed by atoms with Gasteiger partial charge >= 0.3 is 6.03 Å². The van der Waals surface area contributed by atoms with Crippen molar-refractivity contribution in [2.24, 2.45) is 5.92 Å². The molecule has 1 radical (unpaired) electrons. The van der Waals surface area contributed by atoms with Crippen LogP contribution in [0, 0.1) is 5.92 Å². The predicted octanol–water partition coefficient (Wildman–Crippen LogP) is 2.46. The predicted molar refractivity (Wildman–Crippen MR) is 117 cm³/mol. The minimum absolute atomic E-state index is 0. The van der Waals surface area contributed by atoms with E-state index >= 15 is 0 Å². The molecule has 2 aliphatic carbocycles. The van der Waals surface area contributed by atoms with Crippen molar-refractivity contribution in [1.82, 2.24) is 9.62 Å². The van der Waals surface area contributed by atoms with Crippen LogP contribution in [0.25, 0.3) is 0 Å². The molecule has 8 heteroatoms. The third kappa shape index (κ3) is 5.27. The quantitative estimate of drug-likeness (QED) is 0.661. The van der Waals surface area contributed by atoms with Crippen LogP contribution in [0.15, 0.2) is 6.07 Å². The van der Waals surface area contributed by atoms with E-state index in [0.29, 0.717) is 18.5 Å². The number of hydrogen-bond donors (Lipinski definition) is 2. The van der Waals surface area contributed by atoms with E-state index in [1.165, 1.54) is 22.3 Å². The fraction of sp³-hybridized carbons (Fsp3) is 0.667. The molecule has 1 aromatic rings. The van der Waals surface area contributed by atoms with Crippen LogP contribution < -0.4 is 10.0 Å². The molecule has 0 saturated carbocycles. The Morgan fingerprint density at radius 1 is 1.14 bits per heavy atom. The zero-order valence-corrected chi connectivity index (χ0v) is 21.8. The number of nitrogens with zero attached hydrogens (tertiary/aromatic N) is 1. The van der Waals surface area contributed by atoms with Crippen molar-refractivity contribution in [3.05, 3.63) is 28.3 Å². The summed E-state index contributed by atoms with van der Waals surface area (Å²) in [6.45, 7) is 5.73. The number of urea groups is 1. The normalized spacial score (nSPS) is 20.6. The summed E-state index contributed by atoms with van der Waals surface area (Å²) >= 11 is 0. The second-order valence-electron chi connectivity index (χ2n) is 8.75. The molecule has 0 bridgehead atoms. The van der Waals surface area contributed by atoms with Gasteiger partial charge in [0, 0.05) is 69.7 Å². The van der Waals surface area contributed by atoms with E-state index in [-0.39, 0.29) is 57.1 Å². The number of benzene rings is 1. The monoisotopic (exact) mass is 444 g/mol. The van der Waals surface area contributed by atoms with E-state index < -0.39 is 16.1 Å². The average Bonchev–Trinajstić information content (AvgIpc) is 3.21. The second kappa shape index (κ2) is 9.67. The number of anilines is 1. The molecule has 1 aliphatic heterocycles. The van der Waals surface area contributed by atoms with Crippen LogP contribution in [0.5, 0.6) is 0 Å². The molecule has 6 nitrogen and oxygen atoms in total. The second-order valence-corrected chi connectivity index (χ2v) is 10.6. The van der Waals surface area contributed by atoms with Gasteiger partial charge in [0.1, 0.15) is 0 Å². The molecular weight excluding hydrogens is 413 g/mol. The first-order valence-corrected chi connectivity index (χ1v) is 12.2. The summed E-state index contributed by atoms with van der Waals surface area (Å²) in [6.07, 6.45) is 7.32. The third-order valence-electron chi connectivity index (χ3n) is 6.56. The Balaban J connectivity index is 0.00000240. The summed E-state index contributed by atoms with van der Waals surface area (Å²) in [7, 11) is -3.65. The minimum atomic E-state index is -3.65. The summed E-state index contributed by atoms with van der Waals surface area (Å²) in [4.78, 5) is 14.7. The molecule has 1 atom stereocenters. The molecule has 1 unspecified atom stereocenters. The Hall–Kier alpha value is 0.0364. The smallest absolute Gasteiger partial charge is 0.307 e. The van der Waals surface area contributed by atoms with Crippen molar-refractivity contribution >= 4 is 73.1 Å². The summed E-state index contributed by atoms with van der Waals surface area (Å²) in [6, 6.07) is 2.12. The molecule has 0 aromatic heterocycles. The van der Waals surface area contributed by atoms with E-state index in [2.05, 4.69) is 34.9 Å². The topological polar surface area (TPSA) is 78.5 Å². The summed E-state index contributed by atoms with van der Waals surface area (Å²) in [5.74, 6) is 0.476. The van der Waals surface area contributed by atoms with E-state index in [4.69, 9.17) is 0 Å². The summed E-state index contributed by atoms with van der Waals surface area (Å²) in [5.41, 5.74) is 5.91. The van der Waals surface area contributed by atoms with Gasteiger partial charge in [0.05, 0.1) is 5.75 Å². The van der Waals surface area contributed by atoms with Gasteiger partial charge in [-0.1, -0.05) is 19.9 Å². The average molecular weight is 445 g/mol. The zero-order valence-electron chi connectivity index (χ0n) is 17.9. The van der Waals surface area contributed by atoms with Crippen molar-refractivity contribution in [2.75, 3.05) is 24.2 Å². The number of carbonyl (C=O) groups excluding carboxylic acids is 1. The molecule has 155 valence electrons. The number of likely N-dealkylation sites (tertiary alicyclic amines) is 1. The molecule has 4 rings (SSSR count). The summed E-state index contributed by atoms with van der Waals surface area (Å²) in [5, 5.41) is 2.90. The van der Waals surface area contributed by atoms with Crippen LogP contribution in [0.4, 0.5) is 10.5 Å². The van der Waals surface area contributed by atoms with Crippen molar-refractivity contribution < 1.29 is 13.2 Å². The Bertz CT molecular complexity index is 853. The number of carbonyl (C=O) groups is 1. The first-order valence-electron chi connectivity index (χ1n) is 10.6. The van der Waals surface area contributed by atoms with Crippen molar-refractivity contribution in [3.8, 4) is 0 Å². The maximum atomic E-state index is 12.5. The summed E-state index contributed by atoms with van der Waals surface area (Å²) < 4.78 is 27.1.